The van der Waals surface area contributed by atoms with Gasteiger partial charge < -0.3 is 4.42 Å². The fourth-order valence-corrected chi connectivity index (χ4v) is 10.8. The molecular formula is C70H44O. The second-order valence-corrected chi connectivity index (χ2v) is 17.7. The molecule has 0 N–H and O–H groups in total. The summed E-state index contributed by atoms with van der Waals surface area (Å²) in [6.45, 7) is 0. The van der Waals surface area contributed by atoms with E-state index in [2.05, 4.69) is 30.3 Å². The minimum atomic E-state index is -0.404. The van der Waals surface area contributed by atoms with E-state index >= 15 is 0 Å². The molecule has 0 bridgehead atoms. The predicted molar refractivity (Wildman–Crippen MR) is 304 cm³/mol. The highest BCUT2D eigenvalue weighted by Crippen LogP contribution is 2.48. The highest BCUT2D eigenvalue weighted by molar-refractivity contribution is 6.27. The van der Waals surface area contributed by atoms with Gasteiger partial charge in [0, 0.05) is 10.8 Å². The summed E-state index contributed by atoms with van der Waals surface area (Å²) in [7, 11) is 0. The lowest BCUT2D eigenvalue weighted by molar-refractivity contribution is 0.669. The van der Waals surface area contributed by atoms with E-state index in [1.165, 1.54) is 0 Å². The summed E-state index contributed by atoms with van der Waals surface area (Å²) in [4.78, 5) is 0. The Morgan fingerprint density at radius 2 is 0.704 bits per heavy atom. The number of fused-ring (bicyclic) bond motifs is 10. The molecule has 1 heteroatoms. The van der Waals surface area contributed by atoms with Crippen LogP contribution in [-0.2, 0) is 0 Å². The van der Waals surface area contributed by atoms with Crippen LogP contribution in [0, 0.1) is 0 Å². The summed E-state index contributed by atoms with van der Waals surface area (Å²) in [6, 6.07) is 57.0. The number of rotatable bonds is 4. The van der Waals surface area contributed by atoms with Gasteiger partial charge in [0.1, 0.15) is 11.2 Å². The van der Waals surface area contributed by atoms with Crippen molar-refractivity contribution in [3.8, 4) is 44.5 Å². The first-order valence-electron chi connectivity index (χ1n) is 29.9. The first-order valence-corrected chi connectivity index (χ1v) is 23.4. The molecule has 0 aliphatic carbocycles. The van der Waals surface area contributed by atoms with Crippen LogP contribution in [0.5, 0.6) is 0 Å². The van der Waals surface area contributed by atoms with Gasteiger partial charge in [0.05, 0.1) is 17.8 Å². The molecular weight excluding hydrogens is 857 g/mol. The molecule has 1 heterocycles. The summed E-state index contributed by atoms with van der Waals surface area (Å²) in [5.41, 5.74) is 6.43. The number of benzene rings is 14. The average Bonchev–Trinajstić information content (AvgIpc) is 1.62. The maximum absolute atomic E-state index is 9.13. The van der Waals surface area contributed by atoms with Crippen LogP contribution in [0.4, 0.5) is 0 Å². The SMILES string of the molecule is [2H]c1c([2H])c([2H])c(-c2c3ccccc3c(-c3cccc4oc5cc6ccccc6cc5c34)c3ccccc23)c([2H])c1[2H].[2H]c1c([2H])c([2H])c2c(-c3cccc4ccccc34)c3c([2H])c([2H])c([2H])c([2H])c3c(-c3ccc4ccccc4c3)c2c1[2H]. The third kappa shape index (κ3) is 6.70. The van der Waals surface area contributed by atoms with Crippen LogP contribution >= 0.6 is 0 Å². The molecule has 1 nitrogen and oxygen atoms in total. The van der Waals surface area contributed by atoms with E-state index in [9.17, 15) is 0 Å². The largest absolute Gasteiger partial charge is 0.456 e. The molecule has 15 rings (SSSR count). The fourth-order valence-electron chi connectivity index (χ4n) is 10.8. The Hall–Kier alpha value is -9.30. The Morgan fingerprint density at radius 3 is 1.35 bits per heavy atom. The molecule has 0 radical (unpaired) electrons. The lowest BCUT2D eigenvalue weighted by Gasteiger charge is -2.19. The summed E-state index contributed by atoms with van der Waals surface area (Å²) in [5.74, 6) is 0. The third-order valence-corrected chi connectivity index (χ3v) is 13.8. The third-order valence-electron chi connectivity index (χ3n) is 13.8. The van der Waals surface area contributed by atoms with Crippen molar-refractivity contribution in [1.82, 2.24) is 0 Å². The van der Waals surface area contributed by atoms with Crippen molar-refractivity contribution in [3.63, 3.8) is 0 Å². The monoisotopic (exact) mass is 913 g/mol. The molecule has 0 spiro atoms. The van der Waals surface area contributed by atoms with Crippen LogP contribution in [0.15, 0.2) is 271 Å². The van der Waals surface area contributed by atoms with Crippen molar-refractivity contribution in [1.29, 1.82) is 0 Å². The van der Waals surface area contributed by atoms with E-state index in [0.29, 0.717) is 27.8 Å². The zero-order valence-corrected chi connectivity index (χ0v) is 37.8. The molecule has 15 aromatic rings. The first kappa shape index (κ1) is 29.6. The van der Waals surface area contributed by atoms with Crippen LogP contribution in [-0.4, -0.2) is 0 Å². The van der Waals surface area contributed by atoms with Gasteiger partial charge in [0.2, 0.25) is 0 Å². The highest BCUT2D eigenvalue weighted by atomic mass is 16.3. The van der Waals surface area contributed by atoms with Crippen LogP contribution < -0.4 is 0 Å². The van der Waals surface area contributed by atoms with Gasteiger partial charge in [0.25, 0.3) is 0 Å². The van der Waals surface area contributed by atoms with E-state index in [4.69, 9.17) is 22.2 Å². The Bertz CT molecular complexity index is 5210. The summed E-state index contributed by atoms with van der Waals surface area (Å²) in [6.07, 6.45) is 0. The predicted octanol–water partition coefficient (Wildman–Crippen LogP) is 20.0. The number of hydrogen-bond acceptors (Lipinski definition) is 1. The zero-order valence-electron chi connectivity index (χ0n) is 50.8. The molecule has 330 valence electrons. The fraction of sp³-hybridized carbons (Fsp3) is 0. The number of hydrogen-bond donors (Lipinski definition) is 0. The molecule has 0 unspecified atom stereocenters. The van der Waals surface area contributed by atoms with Crippen LogP contribution in [0.25, 0.3) is 142 Å². The highest BCUT2D eigenvalue weighted by Gasteiger charge is 2.21. The van der Waals surface area contributed by atoms with E-state index < -0.39 is 30.2 Å². The van der Waals surface area contributed by atoms with Gasteiger partial charge in [-0.1, -0.05) is 242 Å². The van der Waals surface area contributed by atoms with Crippen molar-refractivity contribution in [2.45, 2.75) is 0 Å². The van der Waals surface area contributed by atoms with Crippen LogP contribution in [0.2, 0.25) is 0 Å². The minimum absolute atomic E-state index is 0.207. The first-order chi connectivity index (χ1) is 40.6. The molecule has 1 aromatic heterocycles. The summed E-state index contributed by atoms with van der Waals surface area (Å²) >= 11 is 0. The average molecular weight is 914 g/mol. The van der Waals surface area contributed by atoms with Crippen molar-refractivity contribution in [2.75, 3.05) is 0 Å². The zero-order chi connectivity index (χ0) is 58.1. The van der Waals surface area contributed by atoms with Crippen LogP contribution in [0.1, 0.15) is 17.8 Å². The van der Waals surface area contributed by atoms with Crippen molar-refractivity contribution >= 4 is 97.3 Å². The smallest absolute Gasteiger partial charge is 0.136 e. The van der Waals surface area contributed by atoms with E-state index in [0.717, 1.165) is 86.9 Å². The molecule has 71 heavy (non-hydrogen) atoms. The van der Waals surface area contributed by atoms with E-state index in [-0.39, 0.29) is 75.4 Å². The standard InChI is InChI=1S/C36H22O.C34H22/c1-2-11-23(12-3-1)34-26-15-6-8-17-28(26)35(29-18-9-7-16-27(29)34)30-19-10-20-32-36(30)31-21-24-13-4-5-14-25(24)22-33(31)37-32;1-2-12-25-22-26(21-20-23(25)10-1)33-29-15-5-7-17-31(29)34(32-18-8-6-16-30(32)33)28-19-9-13-24-11-3-4-14-27(24)28/h1-22H;1-22H/i1D,2D,3D,11D,12D;5D,6D,7D,8D,15D,16D,17D,18D. The van der Waals surface area contributed by atoms with Gasteiger partial charge in [-0.05, 0) is 144 Å². The Kier molecular flexibility index (Phi) is 6.97. The second-order valence-electron chi connectivity index (χ2n) is 17.7. The summed E-state index contributed by atoms with van der Waals surface area (Å²) in [5, 5.41) is 12.3. The van der Waals surface area contributed by atoms with Crippen molar-refractivity contribution in [2.24, 2.45) is 0 Å². The molecule has 0 atom stereocenters. The minimum Gasteiger partial charge on any atom is -0.456 e. The maximum Gasteiger partial charge on any atom is 0.136 e. The molecule has 0 aliphatic rings. The van der Waals surface area contributed by atoms with Crippen molar-refractivity contribution in [3.05, 3.63) is 267 Å². The molecule has 14 aromatic carbocycles. The van der Waals surface area contributed by atoms with Gasteiger partial charge in [-0.3, -0.25) is 0 Å². The lowest BCUT2D eigenvalue weighted by atomic mass is 9.84. The van der Waals surface area contributed by atoms with E-state index in [1.54, 1.807) is 0 Å². The van der Waals surface area contributed by atoms with Gasteiger partial charge in [-0.25, -0.2) is 0 Å². The lowest BCUT2D eigenvalue weighted by Crippen LogP contribution is -1.91. The van der Waals surface area contributed by atoms with Crippen LogP contribution in [0.3, 0.4) is 0 Å². The molecule has 0 amide bonds. The number of furan rings is 1. The Morgan fingerprint density at radius 1 is 0.254 bits per heavy atom. The molecule has 0 saturated heterocycles. The van der Waals surface area contributed by atoms with Gasteiger partial charge in [-0.2, -0.15) is 0 Å². The molecule has 0 saturated carbocycles. The van der Waals surface area contributed by atoms with Gasteiger partial charge in [-0.15, -0.1) is 0 Å². The summed E-state index contributed by atoms with van der Waals surface area (Å²) < 4.78 is 120. The molecule has 0 fully saturated rings. The quantitative estimate of drug-likeness (QED) is 0.160. The van der Waals surface area contributed by atoms with Crippen molar-refractivity contribution < 1.29 is 22.2 Å². The normalized spacial score (nSPS) is 14.2. The van der Waals surface area contributed by atoms with Gasteiger partial charge in [0.15, 0.2) is 0 Å². The maximum atomic E-state index is 9.13. The Labute approximate surface area is 429 Å². The Balaban J connectivity index is 0.000000149. The van der Waals surface area contributed by atoms with Gasteiger partial charge >= 0.3 is 0 Å². The van der Waals surface area contributed by atoms with E-state index in [1.807, 2.05) is 158 Å². The molecule has 0 aliphatic heterocycles. The topological polar surface area (TPSA) is 13.1 Å². The second kappa shape index (κ2) is 16.7.